The van der Waals surface area contributed by atoms with Crippen molar-refractivity contribution in [3.8, 4) is 0 Å². The van der Waals surface area contributed by atoms with E-state index in [0.717, 1.165) is 4.47 Å². The maximum Gasteiger partial charge on any atom is 0.239 e. The van der Waals surface area contributed by atoms with Gasteiger partial charge in [0.15, 0.2) is 0 Å². The molecule has 0 atom stereocenters. The summed E-state index contributed by atoms with van der Waals surface area (Å²) in [5.41, 5.74) is 0.672. The van der Waals surface area contributed by atoms with Crippen molar-refractivity contribution in [2.75, 3.05) is 32.0 Å². The summed E-state index contributed by atoms with van der Waals surface area (Å²) in [5.74, 6) is -0.785. The fraction of sp³-hybridized carbons (Fsp3) is 0.438. The summed E-state index contributed by atoms with van der Waals surface area (Å²) in [6.07, 6.45) is 0. The van der Waals surface area contributed by atoms with Gasteiger partial charge in [-0.15, -0.1) is 0 Å². The summed E-state index contributed by atoms with van der Waals surface area (Å²) in [4.78, 5) is 36.8. The molecule has 0 fully saturated rings. The Kier molecular flexibility index (Phi) is 8.42. The Morgan fingerprint density at radius 1 is 1.08 bits per heavy atom. The molecule has 0 saturated heterocycles. The lowest BCUT2D eigenvalue weighted by Crippen LogP contribution is -2.44. The van der Waals surface area contributed by atoms with Crippen molar-refractivity contribution in [3.63, 3.8) is 0 Å². The smallest absolute Gasteiger partial charge is 0.239 e. The Bertz CT molecular complexity index is 592. The molecule has 8 heteroatoms. The number of carbonyl (C=O) groups is 3. The molecular weight excluding hydrogens is 376 g/mol. The van der Waals surface area contributed by atoms with Crippen molar-refractivity contribution in [1.82, 2.24) is 15.5 Å². The molecule has 0 heterocycles. The van der Waals surface area contributed by atoms with Gasteiger partial charge in [0.2, 0.25) is 17.7 Å². The summed E-state index contributed by atoms with van der Waals surface area (Å²) < 4.78 is 0.787. The van der Waals surface area contributed by atoms with Crippen molar-refractivity contribution < 1.29 is 14.4 Å². The second kappa shape index (κ2) is 10.0. The number of halogens is 1. The number of para-hydroxylation sites is 1. The van der Waals surface area contributed by atoms with Crippen molar-refractivity contribution in [1.29, 1.82) is 0 Å². The van der Waals surface area contributed by atoms with Crippen LogP contribution in [0.15, 0.2) is 28.7 Å². The molecular formula is C16H23BrN4O3. The Morgan fingerprint density at radius 2 is 1.71 bits per heavy atom. The zero-order valence-electron chi connectivity index (χ0n) is 14.1. The van der Waals surface area contributed by atoms with Crippen LogP contribution in [-0.2, 0) is 14.4 Å². The fourth-order valence-corrected chi connectivity index (χ4v) is 2.29. The highest BCUT2D eigenvalue weighted by Crippen LogP contribution is 2.20. The van der Waals surface area contributed by atoms with E-state index in [4.69, 9.17) is 0 Å². The van der Waals surface area contributed by atoms with Gasteiger partial charge in [0.1, 0.15) is 0 Å². The molecule has 0 spiro atoms. The van der Waals surface area contributed by atoms with Gasteiger partial charge < -0.3 is 16.0 Å². The number of hydrogen-bond acceptors (Lipinski definition) is 4. The predicted molar refractivity (Wildman–Crippen MR) is 96.6 cm³/mol. The number of carbonyl (C=O) groups excluding carboxylic acids is 3. The second-order valence-corrected chi connectivity index (χ2v) is 6.55. The van der Waals surface area contributed by atoms with Gasteiger partial charge in [0, 0.05) is 10.5 Å². The van der Waals surface area contributed by atoms with Crippen LogP contribution in [0.25, 0.3) is 0 Å². The van der Waals surface area contributed by atoms with Gasteiger partial charge >= 0.3 is 0 Å². The summed E-state index contributed by atoms with van der Waals surface area (Å²) in [6, 6.07) is 7.31. The first-order valence-electron chi connectivity index (χ1n) is 7.57. The normalized spacial score (nSPS) is 10.6. The third kappa shape index (κ3) is 8.07. The predicted octanol–water partition coefficient (Wildman–Crippen LogP) is 0.960. The number of benzene rings is 1. The highest BCUT2D eigenvalue weighted by atomic mass is 79.9. The molecule has 1 aromatic carbocycles. The van der Waals surface area contributed by atoms with E-state index in [2.05, 4.69) is 31.9 Å². The van der Waals surface area contributed by atoms with Crippen LogP contribution in [-0.4, -0.2) is 55.3 Å². The first kappa shape index (κ1) is 20.1. The molecule has 0 aliphatic rings. The van der Waals surface area contributed by atoms with Gasteiger partial charge in [-0.3, -0.25) is 19.3 Å². The molecule has 7 nitrogen and oxygen atoms in total. The maximum atomic E-state index is 12.0. The number of rotatable bonds is 8. The third-order valence-corrected chi connectivity index (χ3v) is 3.56. The summed E-state index contributed by atoms with van der Waals surface area (Å²) in [6.45, 7) is 3.70. The molecule has 0 aliphatic carbocycles. The quantitative estimate of drug-likeness (QED) is 0.608. The van der Waals surface area contributed by atoms with E-state index in [9.17, 15) is 14.4 Å². The molecule has 3 amide bonds. The fourth-order valence-electron chi connectivity index (χ4n) is 1.91. The number of nitrogens with zero attached hydrogens (tertiary/aromatic N) is 1. The highest BCUT2D eigenvalue weighted by Gasteiger charge is 2.12. The summed E-state index contributed by atoms with van der Waals surface area (Å²) in [5, 5.41) is 7.96. The van der Waals surface area contributed by atoms with Crippen molar-refractivity contribution in [3.05, 3.63) is 28.7 Å². The first-order chi connectivity index (χ1) is 11.3. The molecule has 0 aromatic heterocycles. The molecule has 0 bridgehead atoms. The minimum atomic E-state index is -0.315. The number of anilines is 1. The number of likely N-dealkylation sites (N-methyl/N-ethyl adjacent to an activating group) is 1. The number of amides is 3. The zero-order valence-corrected chi connectivity index (χ0v) is 15.6. The van der Waals surface area contributed by atoms with E-state index in [-0.39, 0.29) is 43.4 Å². The van der Waals surface area contributed by atoms with E-state index in [1.807, 2.05) is 32.0 Å². The van der Waals surface area contributed by atoms with Crippen LogP contribution in [0.5, 0.6) is 0 Å². The van der Waals surface area contributed by atoms with E-state index in [1.165, 1.54) is 0 Å². The zero-order chi connectivity index (χ0) is 18.1. The molecule has 132 valence electrons. The van der Waals surface area contributed by atoms with Crippen molar-refractivity contribution >= 4 is 39.3 Å². The molecule has 0 unspecified atom stereocenters. The van der Waals surface area contributed by atoms with Gasteiger partial charge in [-0.05, 0) is 49.0 Å². The van der Waals surface area contributed by atoms with Crippen LogP contribution in [0.1, 0.15) is 13.8 Å². The van der Waals surface area contributed by atoms with Gasteiger partial charge in [-0.2, -0.15) is 0 Å². The minimum Gasteiger partial charge on any atom is -0.352 e. The van der Waals surface area contributed by atoms with Gasteiger partial charge in [0.25, 0.3) is 0 Å². The second-order valence-electron chi connectivity index (χ2n) is 5.70. The lowest BCUT2D eigenvalue weighted by Gasteiger charge is -2.16. The van der Waals surface area contributed by atoms with Crippen LogP contribution >= 0.6 is 15.9 Å². The Labute approximate surface area is 150 Å². The maximum absolute atomic E-state index is 12.0. The highest BCUT2D eigenvalue weighted by molar-refractivity contribution is 9.10. The van der Waals surface area contributed by atoms with Crippen LogP contribution in [0.4, 0.5) is 5.69 Å². The van der Waals surface area contributed by atoms with Crippen molar-refractivity contribution in [2.45, 2.75) is 19.9 Å². The molecule has 0 saturated carbocycles. The van der Waals surface area contributed by atoms with Crippen molar-refractivity contribution in [2.24, 2.45) is 0 Å². The molecule has 0 aliphatic heterocycles. The summed E-state index contributed by atoms with van der Waals surface area (Å²) in [7, 11) is 1.66. The standard InChI is InChI=1S/C16H23BrN4O3/c1-11(2)19-14(22)8-18-15(23)9-21(3)10-16(24)20-13-7-5-4-6-12(13)17/h4-7,11H,8-10H2,1-3H3,(H,18,23)(H,19,22)(H,20,24). The number of nitrogens with one attached hydrogen (secondary N) is 3. The first-order valence-corrected chi connectivity index (χ1v) is 8.36. The third-order valence-electron chi connectivity index (χ3n) is 2.87. The van der Waals surface area contributed by atoms with E-state index >= 15 is 0 Å². The van der Waals surface area contributed by atoms with Gasteiger partial charge in [-0.1, -0.05) is 12.1 Å². The van der Waals surface area contributed by atoms with Gasteiger partial charge in [0.05, 0.1) is 25.3 Å². The average Bonchev–Trinajstić information content (AvgIpc) is 2.46. The Balaban J connectivity index is 2.33. The van der Waals surface area contributed by atoms with E-state index in [1.54, 1.807) is 18.0 Å². The van der Waals surface area contributed by atoms with Crippen LogP contribution in [0.2, 0.25) is 0 Å². The summed E-state index contributed by atoms with van der Waals surface area (Å²) >= 11 is 3.35. The lowest BCUT2D eigenvalue weighted by molar-refractivity contribution is -0.127. The topological polar surface area (TPSA) is 90.5 Å². The Morgan fingerprint density at radius 3 is 2.33 bits per heavy atom. The van der Waals surface area contributed by atoms with Crippen LogP contribution in [0.3, 0.4) is 0 Å². The molecule has 24 heavy (non-hydrogen) atoms. The molecule has 1 aromatic rings. The Hall–Kier alpha value is -1.93. The van der Waals surface area contributed by atoms with E-state index in [0.29, 0.717) is 5.69 Å². The lowest BCUT2D eigenvalue weighted by atomic mass is 10.3. The largest absolute Gasteiger partial charge is 0.352 e. The monoisotopic (exact) mass is 398 g/mol. The molecule has 3 N–H and O–H groups in total. The van der Waals surface area contributed by atoms with Gasteiger partial charge in [-0.25, -0.2) is 0 Å². The number of hydrogen-bond donors (Lipinski definition) is 3. The van der Waals surface area contributed by atoms with E-state index < -0.39 is 0 Å². The minimum absolute atomic E-state index is 0.0260. The van der Waals surface area contributed by atoms with Crippen LogP contribution in [0, 0.1) is 0 Å². The van der Waals surface area contributed by atoms with Crippen LogP contribution < -0.4 is 16.0 Å². The molecule has 0 radical (unpaired) electrons. The molecule has 1 rings (SSSR count). The SMILES string of the molecule is CC(C)NC(=O)CNC(=O)CN(C)CC(=O)Nc1ccccc1Br. The average molecular weight is 399 g/mol.